The second-order valence-corrected chi connectivity index (χ2v) is 5.38. The minimum atomic E-state index is 0.159. The summed E-state index contributed by atoms with van der Waals surface area (Å²) < 4.78 is 0. The molecule has 5 heteroatoms. The van der Waals surface area contributed by atoms with E-state index in [4.69, 9.17) is 0 Å². The van der Waals surface area contributed by atoms with Gasteiger partial charge in [0, 0.05) is 31.6 Å². The van der Waals surface area contributed by atoms with Crippen molar-refractivity contribution >= 4 is 11.6 Å². The van der Waals surface area contributed by atoms with Gasteiger partial charge in [-0.3, -0.25) is 0 Å². The molecule has 0 spiro atoms. The van der Waals surface area contributed by atoms with Crippen LogP contribution in [0.1, 0.15) is 44.9 Å². The number of nitrogens with one attached hydrogen (secondary N) is 1. The summed E-state index contributed by atoms with van der Waals surface area (Å²) in [7, 11) is 1.87. The van der Waals surface area contributed by atoms with E-state index in [-0.39, 0.29) is 6.61 Å². The lowest BCUT2D eigenvalue weighted by Gasteiger charge is -2.38. The molecule has 1 aliphatic rings. The van der Waals surface area contributed by atoms with Gasteiger partial charge < -0.3 is 15.3 Å². The van der Waals surface area contributed by atoms with Crippen molar-refractivity contribution in [3.63, 3.8) is 0 Å². The molecule has 1 saturated carbocycles. The predicted octanol–water partition coefficient (Wildman–Crippen LogP) is 1.99. The number of anilines is 2. The highest BCUT2D eigenvalue weighted by atomic mass is 16.3. The molecule has 0 aliphatic heterocycles. The van der Waals surface area contributed by atoms with Crippen LogP contribution in [0, 0.1) is 0 Å². The fourth-order valence-corrected chi connectivity index (χ4v) is 2.28. The van der Waals surface area contributed by atoms with E-state index in [0.29, 0.717) is 18.5 Å². The molecular weight excluding hydrogens is 240 g/mol. The van der Waals surface area contributed by atoms with Crippen LogP contribution in [0.25, 0.3) is 0 Å². The van der Waals surface area contributed by atoms with Crippen molar-refractivity contribution in [2.75, 3.05) is 30.4 Å². The van der Waals surface area contributed by atoms with Gasteiger partial charge in [-0.15, -0.1) is 0 Å². The molecule has 1 aromatic rings. The number of hydrogen-bond acceptors (Lipinski definition) is 5. The Kier molecular flexibility index (Phi) is 4.58. The Morgan fingerprint density at radius 1 is 1.42 bits per heavy atom. The Labute approximate surface area is 115 Å². The zero-order valence-electron chi connectivity index (χ0n) is 12.1. The van der Waals surface area contributed by atoms with Gasteiger partial charge in [0.15, 0.2) is 0 Å². The fourth-order valence-electron chi connectivity index (χ4n) is 2.28. The third kappa shape index (κ3) is 3.15. The molecule has 0 atom stereocenters. The molecule has 0 bridgehead atoms. The zero-order chi connectivity index (χ0) is 13.8. The Balaban J connectivity index is 2.31. The lowest BCUT2D eigenvalue weighted by atomic mass is 9.91. The van der Waals surface area contributed by atoms with Gasteiger partial charge in [-0.2, -0.15) is 0 Å². The van der Waals surface area contributed by atoms with E-state index in [2.05, 4.69) is 34.0 Å². The maximum absolute atomic E-state index is 9.27. The Morgan fingerprint density at radius 3 is 2.63 bits per heavy atom. The molecule has 5 nitrogen and oxygen atoms in total. The minimum absolute atomic E-state index is 0.159. The van der Waals surface area contributed by atoms with Gasteiger partial charge in [0.25, 0.3) is 0 Å². The van der Waals surface area contributed by atoms with Crippen LogP contribution in [0.3, 0.4) is 0 Å². The lowest BCUT2D eigenvalue weighted by Crippen LogP contribution is -2.42. The van der Waals surface area contributed by atoms with E-state index in [1.165, 1.54) is 19.3 Å². The second kappa shape index (κ2) is 6.19. The molecule has 1 fully saturated rings. The molecule has 2 N–H and O–H groups in total. The van der Waals surface area contributed by atoms with E-state index in [1.807, 2.05) is 13.1 Å². The summed E-state index contributed by atoms with van der Waals surface area (Å²) in [6.07, 6.45) is 3.65. The van der Waals surface area contributed by atoms with E-state index in [9.17, 15) is 5.11 Å². The molecule has 106 valence electrons. The van der Waals surface area contributed by atoms with Gasteiger partial charge >= 0.3 is 0 Å². The third-order valence-electron chi connectivity index (χ3n) is 3.65. The van der Waals surface area contributed by atoms with Gasteiger partial charge in [0.2, 0.25) is 0 Å². The maximum Gasteiger partial charge on any atom is 0.135 e. The number of hydrogen-bond donors (Lipinski definition) is 2. The van der Waals surface area contributed by atoms with Crippen LogP contribution < -0.4 is 10.2 Å². The summed E-state index contributed by atoms with van der Waals surface area (Å²) in [6, 6.07) is 2.49. The molecule has 0 unspecified atom stereocenters. The van der Waals surface area contributed by atoms with E-state index >= 15 is 0 Å². The van der Waals surface area contributed by atoms with Crippen LogP contribution in [0.15, 0.2) is 6.07 Å². The molecule has 2 rings (SSSR count). The smallest absolute Gasteiger partial charge is 0.135 e. The van der Waals surface area contributed by atoms with Crippen molar-refractivity contribution < 1.29 is 5.11 Å². The van der Waals surface area contributed by atoms with Crippen molar-refractivity contribution in [1.29, 1.82) is 0 Å². The minimum Gasteiger partial charge on any atom is -0.395 e. The van der Waals surface area contributed by atoms with Gasteiger partial charge in [-0.25, -0.2) is 9.97 Å². The summed E-state index contributed by atoms with van der Waals surface area (Å²) in [5.41, 5.74) is 0. The number of aliphatic hydroxyl groups is 1. The lowest BCUT2D eigenvalue weighted by molar-refractivity contribution is 0.283. The van der Waals surface area contributed by atoms with Crippen LogP contribution in [0.4, 0.5) is 11.6 Å². The van der Waals surface area contributed by atoms with Crippen molar-refractivity contribution in [3.8, 4) is 0 Å². The largest absolute Gasteiger partial charge is 0.395 e. The standard InChI is InChI=1S/C14H24N4O/c1-10(2)14-16-12(15-3)9-13(17-14)18(7-8-19)11-5-4-6-11/h9-11,19H,4-8H2,1-3H3,(H,15,16,17). The van der Waals surface area contributed by atoms with Crippen molar-refractivity contribution in [2.45, 2.75) is 45.1 Å². The predicted molar refractivity (Wildman–Crippen MR) is 77.7 cm³/mol. The van der Waals surface area contributed by atoms with Gasteiger partial charge in [-0.05, 0) is 19.3 Å². The van der Waals surface area contributed by atoms with Crippen molar-refractivity contribution in [1.82, 2.24) is 9.97 Å². The SMILES string of the molecule is CNc1cc(N(CCO)C2CCC2)nc(C(C)C)n1. The summed E-state index contributed by atoms with van der Waals surface area (Å²) in [4.78, 5) is 11.4. The normalized spacial score (nSPS) is 15.4. The van der Waals surface area contributed by atoms with Crippen LogP contribution in [-0.4, -0.2) is 41.3 Å². The monoisotopic (exact) mass is 264 g/mol. The average Bonchev–Trinajstić information content (AvgIpc) is 2.35. The first kappa shape index (κ1) is 14.1. The Bertz CT molecular complexity index is 418. The van der Waals surface area contributed by atoms with Crippen LogP contribution >= 0.6 is 0 Å². The van der Waals surface area contributed by atoms with E-state index < -0.39 is 0 Å². The topological polar surface area (TPSA) is 61.3 Å². The summed E-state index contributed by atoms with van der Waals surface area (Å²) >= 11 is 0. The average molecular weight is 264 g/mol. The van der Waals surface area contributed by atoms with Crippen LogP contribution in [0.5, 0.6) is 0 Å². The first-order valence-electron chi connectivity index (χ1n) is 7.10. The Morgan fingerprint density at radius 2 is 2.16 bits per heavy atom. The highest BCUT2D eigenvalue weighted by Gasteiger charge is 2.26. The third-order valence-corrected chi connectivity index (χ3v) is 3.65. The number of aliphatic hydroxyl groups excluding tert-OH is 1. The molecule has 1 heterocycles. The van der Waals surface area contributed by atoms with E-state index in [1.54, 1.807) is 0 Å². The first-order chi connectivity index (χ1) is 9.15. The first-order valence-corrected chi connectivity index (χ1v) is 7.10. The van der Waals surface area contributed by atoms with Gasteiger partial charge in [0.05, 0.1) is 6.61 Å². The molecule has 19 heavy (non-hydrogen) atoms. The molecule has 1 aliphatic carbocycles. The molecule has 0 amide bonds. The van der Waals surface area contributed by atoms with Gasteiger partial charge in [0.1, 0.15) is 17.5 Å². The number of aromatic nitrogens is 2. The van der Waals surface area contributed by atoms with E-state index in [0.717, 1.165) is 17.5 Å². The molecular formula is C14H24N4O. The molecule has 0 radical (unpaired) electrons. The quantitative estimate of drug-likeness (QED) is 0.823. The highest BCUT2D eigenvalue weighted by molar-refractivity contribution is 5.50. The summed E-state index contributed by atoms with van der Waals surface area (Å²) in [6.45, 7) is 4.99. The van der Waals surface area contributed by atoms with Crippen molar-refractivity contribution in [2.24, 2.45) is 0 Å². The zero-order valence-corrected chi connectivity index (χ0v) is 12.1. The number of rotatable bonds is 6. The van der Waals surface area contributed by atoms with Crippen molar-refractivity contribution in [3.05, 3.63) is 11.9 Å². The fraction of sp³-hybridized carbons (Fsp3) is 0.714. The van der Waals surface area contributed by atoms with Crippen LogP contribution in [0.2, 0.25) is 0 Å². The number of nitrogens with zero attached hydrogens (tertiary/aromatic N) is 3. The maximum atomic E-state index is 9.27. The van der Waals surface area contributed by atoms with Gasteiger partial charge in [-0.1, -0.05) is 13.8 Å². The second-order valence-electron chi connectivity index (χ2n) is 5.38. The molecule has 0 saturated heterocycles. The molecule has 0 aromatic carbocycles. The molecule has 1 aromatic heterocycles. The van der Waals surface area contributed by atoms with Crippen LogP contribution in [-0.2, 0) is 0 Å². The summed E-state index contributed by atoms with van der Waals surface area (Å²) in [5, 5.41) is 12.4. The summed E-state index contributed by atoms with van der Waals surface area (Å²) in [5.74, 6) is 2.92. The highest BCUT2D eigenvalue weighted by Crippen LogP contribution is 2.29. The Hall–Kier alpha value is -1.36.